The van der Waals surface area contributed by atoms with E-state index in [9.17, 15) is 10.2 Å². The largest absolute Gasteiger partial charge is 0.507 e. The lowest BCUT2D eigenvalue weighted by Crippen LogP contribution is -1.82. The first-order valence-corrected chi connectivity index (χ1v) is 8.15. The standard InChI is InChI=1S/C20H14O2S/c21-19-15-8-4-5-9-16(15)20(22)18-12-14(10-11-17(18)19)23-13-6-2-1-3-7-13/h1-12,21-22H. The Morgan fingerprint density at radius 1 is 0.522 bits per heavy atom. The predicted molar refractivity (Wildman–Crippen MR) is 95.3 cm³/mol. The van der Waals surface area contributed by atoms with Crippen LogP contribution in [0.2, 0.25) is 0 Å². The van der Waals surface area contributed by atoms with Gasteiger partial charge in [0, 0.05) is 31.3 Å². The molecule has 0 saturated carbocycles. The van der Waals surface area contributed by atoms with Crippen molar-refractivity contribution in [1.82, 2.24) is 0 Å². The van der Waals surface area contributed by atoms with Gasteiger partial charge in [-0.25, -0.2) is 0 Å². The molecular weight excluding hydrogens is 304 g/mol. The van der Waals surface area contributed by atoms with Gasteiger partial charge in [-0.05, 0) is 30.3 Å². The van der Waals surface area contributed by atoms with Crippen molar-refractivity contribution in [3.63, 3.8) is 0 Å². The van der Waals surface area contributed by atoms with E-state index in [1.54, 1.807) is 11.8 Å². The minimum absolute atomic E-state index is 0.212. The number of phenolic OH excluding ortho intramolecular Hbond substituents is 2. The first-order valence-electron chi connectivity index (χ1n) is 7.33. The number of rotatable bonds is 2. The molecule has 0 aliphatic heterocycles. The first-order chi connectivity index (χ1) is 11.2. The molecule has 4 aromatic carbocycles. The van der Waals surface area contributed by atoms with Crippen molar-refractivity contribution >= 4 is 33.3 Å². The Morgan fingerprint density at radius 2 is 1.09 bits per heavy atom. The van der Waals surface area contributed by atoms with Crippen LogP contribution in [0.3, 0.4) is 0 Å². The van der Waals surface area contributed by atoms with E-state index >= 15 is 0 Å². The maximum absolute atomic E-state index is 10.6. The summed E-state index contributed by atoms with van der Waals surface area (Å²) in [7, 11) is 0. The van der Waals surface area contributed by atoms with E-state index in [0.717, 1.165) is 9.79 Å². The van der Waals surface area contributed by atoms with Crippen LogP contribution in [0.5, 0.6) is 11.5 Å². The van der Waals surface area contributed by atoms with Crippen molar-refractivity contribution in [2.45, 2.75) is 9.79 Å². The third-order valence-corrected chi connectivity index (χ3v) is 4.91. The number of fused-ring (bicyclic) bond motifs is 2. The van der Waals surface area contributed by atoms with E-state index in [4.69, 9.17) is 0 Å². The van der Waals surface area contributed by atoms with Gasteiger partial charge in [-0.2, -0.15) is 0 Å². The number of hydrogen-bond acceptors (Lipinski definition) is 3. The molecule has 4 rings (SSSR count). The highest BCUT2D eigenvalue weighted by atomic mass is 32.2. The molecule has 0 amide bonds. The second kappa shape index (κ2) is 5.52. The van der Waals surface area contributed by atoms with Gasteiger partial charge in [0.25, 0.3) is 0 Å². The van der Waals surface area contributed by atoms with Crippen LogP contribution in [-0.2, 0) is 0 Å². The molecule has 3 heteroatoms. The van der Waals surface area contributed by atoms with Gasteiger partial charge < -0.3 is 10.2 Å². The Bertz CT molecular complexity index is 1010. The summed E-state index contributed by atoms with van der Waals surface area (Å²) in [6.45, 7) is 0. The van der Waals surface area contributed by atoms with Crippen molar-refractivity contribution < 1.29 is 10.2 Å². The SMILES string of the molecule is Oc1c2ccccc2c(O)c2cc(Sc3ccccc3)ccc12. The van der Waals surface area contributed by atoms with Crippen LogP contribution in [0.1, 0.15) is 0 Å². The fourth-order valence-corrected chi connectivity index (χ4v) is 3.68. The predicted octanol–water partition coefficient (Wildman–Crippen LogP) is 5.56. The lowest BCUT2D eigenvalue weighted by Gasteiger charge is -2.11. The lowest BCUT2D eigenvalue weighted by molar-refractivity contribution is 0.478. The number of hydrogen-bond donors (Lipinski definition) is 2. The number of aromatic hydroxyl groups is 2. The molecular formula is C20H14O2S. The Morgan fingerprint density at radius 3 is 1.78 bits per heavy atom. The van der Waals surface area contributed by atoms with Crippen LogP contribution in [0.25, 0.3) is 21.5 Å². The van der Waals surface area contributed by atoms with Gasteiger partial charge in [-0.15, -0.1) is 0 Å². The fraction of sp³-hybridized carbons (Fsp3) is 0. The number of phenols is 2. The quantitative estimate of drug-likeness (QED) is 0.376. The maximum atomic E-state index is 10.6. The minimum Gasteiger partial charge on any atom is -0.507 e. The van der Waals surface area contributed by atoms with Crippen molar-refractivity contribution in [2.75, 3.05) is 0 Å². The maximum Gasteiger partial charge on any atom is 0.131 e. The molecule has 0 unspecified atom stereocenters. The molecule has 0 spiro atoms. The zero-order chi connectivity index (χ0) is 15.8. The van der Waals surface area contributed by atoms with Crippen LogP contribution in [-0.4, -0.2) is 10.2 Å². The Hall–Kier alpha value is -2.65. The highest BCUT2D eigenvalue weighted by molar-refractivity contribution is 7.99. The van der Waals surface area contributed by atoms with E-state index < -0.39 is 0 Å². The molecule has 0 atom stereocenters. The average molecular weight is 318 g/mol. The van der Waals surface area contributed by atoms with Crippen LogP contribution in [0.15, 0.2) is 82.6 Å². The Kier molecular flexibility index (Phi) is 3.36. The molecule has 0 bridgehead atoms. The number of benzene rings is 4. The summed E-state index contributed by atoms with van der Waals surface area (Å²) in [6, 6.07) is 23.2. The highest BCUT2D eigenvalue weighted by Crippen LogP contribution is 2.43. The summed E-state index contributed by atoms with van der Waals surface area (Å²) < 4.78 is 0. The Balaban J connectivity index is 1.91. The van der Waals surface area contributed by atoms with E-state index in [-0.39, 0.29) is 11.5 Å². The smallest absolute Gasteiger partial charge is 0.131 e. The zero-order valence-corrected chi connectivity index (χ0v) is 13.0. The van der Waals surface area contributed by atoms with E-state index in [1.165, 1.54) is 0 Å². The molecule has 2 nitrogen and oxygen atoms in total. The molecule has 0 radical (unpaired) electrons. The molecule has 4 aromatic rings. The summed E-state index contributed by atoms with van der Waals surface area (Å²) in [6.07, 6.45) is 0. The summed E-state index contributed by atoms with van der Waals surface area (Å²) in [5, 5.41) is 23.8. The fourth-order valence-electron chi connectivity index (χ4n) is 2.80. The van der Waals surface area contributed by atoms with Gasteiger partial charge in [-0.3, -0.25) is 0 Å². The van der Waals surface area contributed by atoms with Gasteiger partial charge in [0.05, 0.1) is 0 Å². The highest BCUT2D eigenvalue weighted by Gasteiger charge is 2.13. The molecule has 0 fully saturated rings. The molecule has 0 aromatic heterocycles. The minimum atomic E-state index is 0.212. The molecule has 23 heavy (non-hydrogen) atoms. The second-order valence-electron chi connectivity index (χ2n) is 5.37. The molecule has 0 saturated heterocycles. The van der Waals surface area contributed by atoms with Gasteiger partial charge in [0.15, 0.2) is 0 Å². The summed E-state index contributed by atoms with van der Waals surface area (Å²) in [4.78, 5) is 2.16. The monoisotopic (exact) mass is 318 g/mol. The molecule has 0 aliphatic rings. The van der Waals surface area contributed by atoms with Crippen molar-refractivity contribution in [2.24, 2.45) is 0 Å². The van der Waals surface area contributed by atoms with Crippen LogP contribution in [0.4, 0.5) is 0 Å². The molecule has 2 N–H and O–H groups in total. The zero-order valence-electron chi connectivity index (χ0n) is 12.2. The second-order valence-corrected chi connectivity index (χ2v) is 6.51. The lowest BCUT2D eigenvalue weighted by atomic mass is 10.0. The third kappa shape index (κ3) is 2.39. The third-order valence-electron chi connectivity index (χ3n) is 3.92. The van der Waals surface area contributed by atoms with Crippen LogP contribution >= 0.6 is 11.8 Å². The van der Waals surface area contributed by atoms with E-state index in [0.29, 0.717) is 21.5 Å². The van der Waals surface area contributed by atoms with Gasteiger partial charge >= 0.3 is 0 Å². The van der Waals surface area contributed by atoms with Crippen molar-refractivity contribution in [3.8, 4) is 11.5 Å². The molecule has 112 valence electrons. The summed E-state index contributed by atoms with van der Waals surface area (Å²) in [5.41, 5.74) is 0. The van der Waals surface area contributed by atoms with E-state index in [2.05, 4.69) is 0 Å². The molecule has 0 aliphatic carbocycles. The summed E-state index contributed by atoms with van der Waals surface area (Å²) in [5.74, 6) is 0.425. The van der Waals surface area contributed by atoms with Crippen molar-refractivity contribution in [1.29, 1.82) is 0 Å². The summed E-state index contributed by atoms with van der Waals surface area (Å²) >= 11 is 1.63. The van der Waals surface area contributed by atoms with Crippen LogP contribution in [0, 0.1) is 0 Å². The average Bonchev–Trinajstić information content (AvgIpc) is 2.60. The van der Waals surface area contributed by atoms with E-state index in [1.807, 2.05) is 72.8 Å². The van der Waals surface area contributed by atoms with Crippen LogP contribution < -0.4 is 0 Å². The molecule has 0 heterocycles. The van der Waals surface area contributed by atoms with Gasteiger partial charge in [0.1, 0.15) is 11.5 Å². The normalized spacial score (nSPS) is 11.1. The first kappa shape index (κ1) is 14.0. The van der Waals surface area contributed by atoms with Gasteiger partial charge in [-0.1, -0.05) is 54.2 Å². The Labute approximate surface area is 138 Å². The van der Waals surface area contributed by atoms with Gasteiger partial charge in [0.2, 0.25) is 0 Å². The van der Waals surface area contributed by atoms with Crippen molar-refractivity contribution in [3.05, 3.63) is 72.8 Å². The topological polar surface area (TPSA) is 40.5 Å².